The van der Waals surface area contributed by atoms with E-state index in [0.717, 1.165) is 24.2 Å². The van der Waals surface area contributed by atoms with Crippen LogP contribution in [0.2, 0.25) is 0 Å². The Labute approximate surface area is 171 Å². The van der Waals surface area contributed by atoms with Gasteiger partial charge in [-0.05, 0) is 50.7 Å². The van der Waals surface area contributed by atoms with E-state index in [0.29, 0.717) is 6.54 Å². The van der Waals surface area contributed by atoms with E-state index in [1.807, 2.05) is 20.8 Å². The molecule has 7 nitrogen and oxygen atoms in total. The molecule has 7 heteroatoms. The molecule has 0 radical (unpaired) electrons. The molecule has 1 aromatic carbocycles. The van der Waals surface area contributed by atoms with E-state index in [4.69, 9.17) is 4.74 Å². The molecule has 2 unspecified atom stereocenters. The molecule has 156 valence electrons. The van der Waals surface area contributed by atoms with Crippen LogP contribution in [0, 0.1) is 5.92 Å². The summed E-state index contributed by atoms with van der Waals surface area (Å²) in [6, 6.07) is 5.60. The van der Waals surface area contributed by atoms with Crippen molar-refractivity contribution in [3.05, 3.63) is 35.4 Å². The Hall–Kier alpha value is -2.70. The molecule has 2 atom stereocenters. The number of hydrogen-bond donors (Lipinski definition) is 0. The first kappa shape index (κ1) is 21.0. The average Bonchev–Trinajstić information content (AvgIpc) is 2.95. The largest absolute Gasteiger partial charge is 0.454 e. The zero-order chi connectivity index (χ0) is 21.1. The summed E-state index contributed by atoms with van der Waals surface area (Å²) in [6.45, 7) is 6.07. The Balaban J connectivity index is 1.72. The number of rotatable bonds is 6. The summed E-state index contributed by atoms with van der Waals surface area (Å²) in [6.07, 6.45) is 3.24. The number of amides is 3. The summed E-state index contributed by atoms with van der Waals surface area (Å²) < 4.78 is 5.30. The van der Waals surface area contributed by atoms with Crippen molar-refractivity contribution in [1.82, 2.24) is 9.80 Å². The normalized spacial score (nSPS) is 20.1. The SMILES string of the molecule is CC(C)CC(C(=O)OCC(=O)N1CCCCC1C)N1C(=O)c2ccccc2C1=O. The maximum Gasteiger partial charge on any atom is 0.329 e. The van der Waals surface area contributed by atoms with Crippen LogP contribution in [0.4, 0.5) is 0 Å². The number of imide groups is 1. The number of ether oxygens (including phenoxy) is 1. The van der Waals surface area contributed by atoms with Gasteiger partial charge < -0.3 is 9.64 Å². The molecule has 0 N–H and O–H groups in total. The van der Waals surface area contributed by atoms with Crippen LogP contribution in [0.3, 0.4) is 0 Å². The van der Waals surface area contributed by atoms with Crippen LogP contribution in [0.15, 0.2) is 24.3 Å². The van der Waals surface area contributed by atoms with Crippen molar-refractivity contribution >= 4 is 23.7 Å². The monoisotopic (exact) mass is 400 g/mol. The predicted molar refractivity (Wildman–Crippen MR) is 106 cm³/mol. The number of fused-ring (bicyclic) bond motifs is 1. The molecule has 2 heterocycles. The lowest BCUT2D eigenvalue weighted by Crippen LogP contribution is -2.48. The Kier molecular flexibility index (Phi) is 6.35. The maximum atomic E-state index is 12.8. The van der Waals surface area contributed by atoms with E-state index < -0.39 is 23.8 Å². The molecule has 0 saturated carbocycles. The van der Waals surface area contributed by atoms with E-state index >= 15 is 0 Å². The van der Waals surface area contributed by atoms with Gasteiger partial charge in [0.2, 0.25) is 0 Å². The second kappa shape index (κ2) is 8.76. The molecule has 3 rings (SSSR count). The lowest BCUT2D eigenvalue weighted by molar-refractivity contribution is -0.156. The fourth-order valence-corrected chi connectivity index (χ4v) is 4.03. The molecule has 0 aromatic heterocycles. The van der Waals surface area contributed by atoms with Crippen LogP contribution in [-0.4, -0.2) is 58.7 Å². The molecule has 2 aliphatic heterocycles. The summed E-state index contributed by atoms with van der Waals surface area (Å²) >= 11 is 0. The highest BCUT2D eigenvalue weighted by Gasteiger charge is 2.43. The molecular formula is C22H28N2O5. The van der Waals surface area contributed by atoms with Gasteiger partial charge in [-0.1, -0.05) is 26.0 Å². The summed E-state index contributed by atoms with van der Waals surface area (Å²) in [5.74, 6) is -1.90. The van der Waals surface area contributed by atoms with Gasteiger partial charge in [0.15, 0.2) is 6.61 Å². The Morgan fingerprint density at radius 2 is 1.72 bits per heavy atom. The number of piperidine rings is 1. The first-order valence-corrected chi connectivity index (χ1v) is 10.2. The summed E-state index contributed by atoms with van der Waals surface area (Å²) in [5, 5.41) is 0. The molecule has 3 amide bonds. The lowest BCUT2D eigenvalue weighted by atomic mass is 10.0. The maximum absolute atomic E-state index is 12.8. The van der Waals surface area contributed by atoms with Gasteiger partial charge in [0.05, 0.1) is 11.1 Å². The Morgan fingerprint density at radius 3 is 2.28 bits per heavy atom. The van der Waals surface area contributed by atoms with Crippen molar-refractivity contribution in [2.24, 2.45) is 5.92 Å². The van der Waals surface area contributed by atoms with E-state index in [2.05, 4.69) is 0 Å². The smallest absolute Gasteiger partial charge is 0.329 e. The fraction of sp³-hybridized carbons (Fsp3) is 0.545. The molecule has 0 aliphatic carbocycles. The second-order valence-electron chi connectivity index (χ2n) is 8.21. The number of carbonyl (C=O) groups is 4. The third-order valence-electron chi connectivity index (χ3n) is 5.57. The molecule has 2 aliphatic rings. The highest BCUT2D eigenvalue weighted by atomic mass is 16.5. The van der Waals surface area contributed by atoms with Crippen LogP contribution < -0.4 is 0 Å². The van der Waals surface area contributed by atoms with Crippen molar-refractivity contribution in [3.63, 3.8) is 0 Å². The lowest BCUT2D eigenvalue weighted by Gasteiger charge is -2.33. The Bertz CT molecular complexity index is 784. The number of nitrogens with zero attached hydrogens (tertiary/aromatic N) is 2. The highest BCUT2D eigenvalue weighted by molar-refractivity contribution is 6.22. The number of hydrogen-bond acceptors (Lipinski definition) is 5. The molecule has 1 aromatic rings. The number of esters is 1. The molecule has 1 saturated heterocycles. The summed E-state index contributed by atoms with van der Waals surface area (Å²) in [5.41, 5.74) is 0.578. The van der Waals surface area contributed by atoms with E-state index in [-0.39, 0.29) is 42.0 Å². The van der Waals surface area contributed by atoms with Crippen LogP contribution >= 0.6 is 0 Å². The topological polar surface area (TPSA) is 84.0 Å². The standard InChI is InChI=1S/C22H28N2O5/c1-14(2)12-18(24-20(26)16-9-4-5-10-17(16)21(24)27)22(28)29-13-19(25)23-11-7-6-8-15(23)3/h4-5,9-10,14-15,18H,6-8,11-13H2,1-3H3. The first-order chi connectivity index (χ1) is 13.8. The minimum absolute atomic E-state index is 0.0506. The quantitative estimate of drug-likeness (QED) is 0.541. The second-order valence-corrected chi connectivity index (χ2v) is 8.21. The van der Waals surface area contributed by atoms with Crippen LogP contribution in [0.25, 0.3) is 0 Å². The number of benzene rings is 1. The summed E-state index contributed by atoms with van der Waals surface area (Å²) in [4.78, 5) is 53.6. The third-order valence-corrected chi connectivity index (χ3v) is 5.57. The minimum atomic E-state index is -1.05. The van der Waals surface area contributed by atoms with Gasteiger partial charge in [0.25, 0.3) is 17.7 Å². The van der Waals surface area contributed by atoms with Crippen LogP contribution in [0.5, 0.6) is 0 Å². The van der Waals surface area contributed by atoms with Crippen LogP contribution in [-0.2, 0) is 14.3 Å². The van der Waals surface area contributed by atoms with Gasteiger partial charge in [-0.3, -0.25) is 19.3 Å². The van der Waals surface area contributed by atoms with Gasteiger partial charge in [-0.15, -0.1) is 0 Å². The van der Waals surface area contributed by atoms with E-state index in [9.17, 15) is 19.2 Å². The van der Waals surface area contributed by atoms with Gasteiger partial charge in [-0.25, -0.2) is 4.79 Å². The van der Waals surface area contributed by atoms with Crippen molar-refractivity contribution in [2.45, 2.75) is 58.5 Å². The van der Waals surface area contributed by atoms with Crippen LogP contribution in [0.1, 0.15) is 67.2 Å². The van der Waals surface area contributed by atoms with Crippen molar-refractivity contribution in [3.8, 4) is 0 Å². The number of carbonyl (C=O) groups excluding carboxylic acids is 4. The summed E-state index contributed by atoms with van der Waals surface area (Å²) in [7, 11) is 0. The van der Waals surface area contributed by atoms with Crippen molar-refractivity contribution in [1.29, 1.82) is 0 Å². The van der Waals surface area contributed by atoms with Gasteiger partial charge in [0, 0.05) is 12.6 Å². The third kappa shape index (κ3) is 4.33. The average molecular weight is 400 g/mol. The fourth-order valence-electron chi connectivity index (χ4n) is 4.03. The molecule has 0 spiro atoms. The Morgan fingerprint density at radius 1 is 1.10 bits per heavy atom. The molecule has 29 heavy (non-hydrogen) atoms. The van der Waals surface area contributed by atoms with E-state index in [1.165, 1.54) is 0 Å². The van der Waals surface area contributed by atoms with Crippen molar-refractivity contribution < 1.29 is 23.9 Å². The van der Waals surface area contributed by atoms with Gasteiger partial charge in [0.1, 0.15) is 6.04 Å². The van der Waals surface area contributed by atoms with Gasteiger partial charge in [-0.2, -0.15) is 0 Å². The van der Waals surface area contributed by atoms with Crippen molar-refractivity contribution in [2.75, 3.05) is 13.2 Å². The number of likely N-dealkylation sites (tertiary alicyclic amines) is 1. The zero-order valence-corrected chi connectivity index (χ0v) is 17.2. The zero-order valence-electron chi connectivity index (χ0n) is 17.2. The predicted octanol–water partition coefficient (Wildman–Crippen LogP) is 2.64. The van der Waals surface area contributed by atoms with E-state index in [1.54, 1.807) is 29.2 Å². The molecular weight excluding hydrogens is 372 g/mol. The molecule has 1 fully saturated rings. The highest BCUT2D eigenvalue weighted by Crippen LogP contribution is 2.27. The minimum Gasteiger partial charge on any atom is -0.454 e. The molecule has 0 bridgehead atoms. The first-order valence-electron chi connectivity index (χ1n) is 10.2. The van der Waals surface area contributed by atoms with Gasteiger partial charge >= 0.3 is 5.97 Å².